The van der Waals surface area contributed by atoms with Crippen molar-refractivity contribution in [3.8, 4) is 0 Å². The lowest BCUT2D eigenvalue weighted by Crippen LogP contribution is -2.50. The van der Waals surface area contributed by atoms with Crippen molar-refractivity contribution in [2.24, 2.45) is 5.41 Å². The summed E-state index contributed by atoms with van der Waals surface area (Å²) >= 11 is 0. The van der Waals surface area contributed by atoms with Crippen molar-refractivity contribution in [1.29, 1.82) is 0 Å². The zero-order chi connectivity index (χ0) is 21.2. The van der Waals surface area contributed by atoms with Crippen LogP contribution >= 0.6 is 0 Å². The number of rotatable bonds is 11. The third kappa shape index (κ3) is 10.1. The second-order valence-corrected chi connectivity index (χ2v) is 8.09. The number of benzene rings is 1. The van der Waals surface area contributed by atoms with Crippen LogP contribution in [0.4, 0.5) is 0 Å². The third-order valence-electron chi connectivity index (χ3n) is 4.27. The number of ether oxygens (including phenoxy) is 1. The Morgan fingerprint density at radius 3 is 2.29 bits per heavy atom. The van der Waals surface area contributed by atoms with Crippen LogP contribution < -0.4 is 10.6 Å². The average molecular weight is 392 g/mol. The van der Waals surface area contributed by atoms with E-state index in [1.807, 2.05) is 30.3 Å². The molecule has 0 radical (unpaired) electrons. The van der Waals surface area contributed by atoms with Gasteiger partial charge in [0, 0.05) is 6.04 Å². The first-order valence-corrected chi connectivity index (χ1v) is 9.47. The van der Waals surface area contributed by atoms with E-state index in [0.29, 0.717) is 13.0 Å². The molecule has 0 fully saturated rings. The fourth-order valence-corrected chi connectivity index (χ4v) is 2.71. The summed E-state index contributed by atoms with van der Waals surface area (Å²) in [6.07, 6.45) is 0.931. The Labute approximate surface area is 166 Å². The van der Waals surface area contributed by atoms with Gasteiger partial charge in [-0.05, 0) is 30.4 Å². The highest BCUT2D eigenvalue weighted by atomic mass is 16.5. The highest BCUT2D eigenvalue weighted by molar-refractivity contribution is 5.86. The van der Waals surface area contributed by atoms with Gasteiger partial charge in [-0.1, -0.05) is 51.1 Å². The van der Waals surface area contributed by atoms with E-state index in [9.17, 15) is 14.4 Å². The summed E-state index contributed by atoms with van der Waals surface area (Å²) in [6.45, 7) is 6.75. The Kier molecular flexibility index (Phi) is 9.65. The van der Waals surface area contributed by atoms with E-state index in [4.69, 9.17) is 9.84 Å². The number of carboxylic acids is 1. The lowest BCUT2D eigenvalue weighted by Gasteiger charge is -2.24. The molecule has 0 unspecified atom stereocenters. The lowest BCUT2D eigenvalue weighted by atomic mass is 9.92. The minimum atomic E-state index is -1.06. The summed E-state index contributed by atoms with van der Waals surface area (Å²) in [5.41, 5.74) is 1.03. The minimum absolute atomic E-state index is 0.0128. The molecule has 1 rings (SSSR count). The molecule has 0 aromatic heterocycles. The van der Waals surface area contributed by atoms with Gasteiger partial charge in [0.15, 0.2) is 0 Å². The van der Waals surface area contributed by atoms with Gasteiger partial charge in [0.05, 0.1) is 26.0 Å². The highest BCUT2D eigenvalue weighted by Gasteiger charge is 2.25. The van der Waals surface area contributed by atoms with E-state index < -0.39 is 29.9 Å². The van der Waals surface area contributed by atoms with Crippen LogP contribution in [0.25, 0.3) is 0 Å². The lowest BCUT2D eigenvalue weighted by molar-refractivity contribution is -0.142. The zero-order valence-electron chi connectivity index (χ0n) is 17.2. The molecule has 7 heteroatoms. The fourth-order valence-electron chi connectivity index (χ4n) is 2.71. The second kappa shape index (κ2) is 11.4. The summed E-state index contributed by atoms with van der Waals surface area (Å²) in [4.78, 5) is 35.6. The molecule has 0 saturated heterocycles. The Bertz CT molecular complexity index is 640. The quantitative estimate of drug-likeness (QED) is 0.499. The maximum atomic E-state index is 12.7. The van der Waals surface area contributed by atoms with Crippen LogP contribution in [0, 0.1) is 5.41 Å². The summed E-state index contributed by atoms with van der Waals surface area (Å²) < 4.78 is 4.73. The molecule has 0 aliphatic heterocycles. The topological polar surface area (TPSA) is 105 Å². The molecular weight excluding hydrogens is 360 g/mol. The fraction of sp³-hybridized carbons (Fsp3) is 0.571. The van der Waals surface area contributed by atoms with Crippen LogP contribution in [-0.2, 0) is 25.5 Å². The number of carboxylic acid groups (broad SMARTS) is 1. The molecule has 0 bridgehead atoms. The smallest absolute Gasteiger partial charge is 0.307 e. The van der Waals surface area contributed by atoms with Crippen molar-refractivity contribution in [3.05, 3.63) is 35.9 Å². The van der Waals surface area contributed by atoms with Crippen LogP contribution in [0.5, 0.6) is 0 Å². The number of hydrogen-bond donors (Lipinski definition) is 3. The molecule has 2 atom stereocenters. The van der Waals surface area contributed by atoms with Gasteiger partial charge in [-0.2, -0.15) is 0 Å². The standard InChI is InChI=1S/C21H32N2O5/c1-21(2,3)10-11-22-17(14-18(24)25)20(27)23-16(13-19(26)28-4)12-15-8-6-5-7-9-15/h5-9,16-17,22H,10-14H2,1-4H3,(H,23,27)(H,24,25)/t16-,17-/m1/s1. The van der Waals surface area contributed by atoms with E-state index in [-0.39, 0.29) is 18.3 Å². The molecule has 1 amide bonds. The first kappa shape index (κ1) is 23.6. The summed E-state index contributed by atoms with van der Waals surface area (Å²) in [5, 5.41) is 15.0. The number of esters is 1. The number of amides is 1. The van der Waals surface area contributed by atoms with Gasteiger partial charge >= 0.3 is 11.9 Å². The molecule has 3 N–H and O–H groups in total. The Hall–Kier alpha value is -2.41. The van der Waals surface area contributed by atoms with Crippen molar-refractivity contribution in [2.45, 2.75) is 58.5 Å². The third-order valence-corrected chi connectivity index (χ3v) is 4.27. The molecule has 0 spiro atoms. The molecule has 1 aromatic carbocycles. The van der Waals surface area contributed by atoms with E-state index in [1.165, 1.54) is 7.11 Å². The van der Waals surface area contributed by atoms with Crippen molar-refractivity contribution in [1.82, 2.24) is 10.6 Å². The van der Waals surface area contributed by atoms with Crippen molar-refractivity contribution >= 4 is 17.8 Å². The normalized spacial score (nSPS) is 13.4. The molecule has 1 aromatic rings. The summed E-state index contributed by atoms with van der Waals surface area (Å²) in [5.74, 6) is -1.92. The SMILES string of the molecule is COC(=O)C[C@@H](Cc1ccccc1)NC(=O)[C@@H](CC(=O)O)NCCC(C)(C)C. The van der Waals surface area contributed by atoms with E-state index in [0.717, 1.165) is 12.0 Å². The van der Waals surface area contributed by atoms with Crippen LogP contribution in [-0.4, -0.2) is 48.7 Å². The Morgan fingerprint density at radius 2 is 1.75 bits per heavy atom. The predicted octanol–water partition coefficient (Wildman–Crippen LogP) is 2.15. The minimum Gasteiger partial charge on any atom is -0.481 e. The van der Waals surface area contributed by atoms with Gasteiger partial charge in [0.1, 0.15) is 0 Å². The van der Waals surface area contributed by atoms with Gasteiger partial charge in [-0.25, -0.2) is 0 Å². The first-order chi connectivity index (χ1) is 13.1. The predicted molar refractivity (Wildman–Crippen MR) is 107 cm³/mol. The van der Waals surface area contributed by atoms with Gasteiger partial charge in [-0.3, -0.25) is 14.4 Å². The molecule has 7 nitrogen and oxygen atoms in total. The monoisotopic (exact) mass is 392 g/mol. The number of aliphatic carboxylic acids is 1. The van der Waals surface area contributed by atoms with Gasteiger partial charge in [0.2, 0.25) is 5.91 Å². The highest BCUT2D eigenvalue weighted by Crippen LogP contribution is 2.17. The Morgan fingerprint density at radius 1 is 1.11 bits per heavy atom. The van der Waals surface area contributed by atoms with E-state index in [1.54, 1.807) is 0 Å². The van der Waals surface area contributed by atoms with E-state index >= 15 is 0 Å². The number of nitrogens with one attached hydrogen (secondary N) is 2. The van der Waals surface area contributed by atoms with Gasteiger partial charge < -0.3 is 20.5 Å². The second-order valence-electron chi connectivity index (χ2n) is 8.09. The number of hydrogen-bond acceptors (Lipinski definition) is 5. The average Bonchev–Trinajstić information content (AvgIpc) is 2.60. The van der Waals surface area contributed by atoms with Crippen molar-refractivity contribution in [3.63, 3.8) is 0 Å². The van der Waals surface area contributed by atoms with Crippen molar-refractivity contribution < 1.29 is 24.2 Å². The van der Waals surface area contributed by atoms with Crippen LogP contribution in [0.3, 0.4) is 0 Å². The largest absolute Gasteiger partial charge is 0.481 e. The maximum Gasteiger partial charge on any atom is 0.307 e. The molecule has 0 saturated carbocycles. The van der Waals surface area contributed by atoms with Crippen LogP contribution in [0.15, 0.2) is 30.3 Å². The number of carbonyl (C=O) groups excluding carboxylic acids is 2. The molecule has 0 heterocycles. The van der Waals surface area contributed by atoms with E-state index in [2.05, 4.69) is 31.4 Å². The zero-order valence-corrected chi connectivity index (χ0v) is 17.2. The van der Waals surface area contributed by atoms with Crippen molar-refractivity contribution in [2.75, 3.05) is 13.7 Å². The molecular formula is C21H32N2O5. The van der Waals surface area contributed by atoms with Gasteiger partial charge in [0.25, 0.3) is 0 Å². The number of methoxy groups -OCH3 is 1. The molecule has 28 heavy (non-hydrogen) atoms. The van der Waals surface area contributed by atoms with Crippen LogP contribution in [0.2, 0.25) is 0 Å². The molecule has 0 aliphatic rings. The first-order valence-electron chi connectivity index (χ1n) is 9.47. The van der Waals surface area contributed by atoms with Gasteiger partial charge in [-0.15, -0.1) is 0 Å². The summed E-state index contributed by atoms with van der Waals surface area (Å²) in [7, 11) is 1.30. The maximum absolute atomic E-state index is 12.7. The Balaban J connectivity index is 2.80. The molecule has 156 valence electrons. The number of carbonyl (C=O) groups is 3. The molecule has 0 aliphatic carbocycles. The summed E-state index contributed by atoms with van der Waals surface area (Å²) in [6, 6.07) is 8.12. The van der Waals surface area contributed by atoms with Crippen LogP contribution in [0.1, 0.15) is 45.6 Å².